The van der Waals surface area contributed by atoms with Gasteiger partial charge in [-0.3, -0.25) is 4.79 Å². The Morgan fingerprint density at radius 3 is 2.67 bits per heavy atom. The predicted octanol–water partition coefficient (Wildman–Crippen LogP) is 3.80. The topological polar surface area (TPSA) is 55.6 Å². The SMILES string of the molecule is NCC1CCN(C(=O)c2ccc(Oc3ccc(Br)cc3)c(F)c2)C1. The van der Waals surface area contributed by atoms with Crippen molar-refractivity contribution < 1.29 is 13.9 Å². The fourth-order valence-corrected chi connectivity index (χ4v) is 3.00. The molecule has 1 unspecified atom stereocenters. The Morgan fingerprint density at radius 1 is 1.29 bits per heavy atom. The summed E-state index contributed by atoms with van der Waals surface area (Å²) in [5, 5.41) is 0. The molecule has 126 valence electrons. The zero-order valence-electron chi connectivity index (χ0n) is 13.0. The molecule has 1 fully saturated rings. The highest BCUT2D eigenvalue weighted by atomic mass is 79.9. The molecule has 6 heteroatoms. The first-order valence-corrected chi connectivity index (χ1v) is 8.58. The minimum Gasteiger partial charge on any atom is -0.454 e. The Balaban J connectivity index is 1.72. The van der Waals surface area contributed by atoms with Crippen LogP contribution in [0.3, 0.4) is 0 Å². The minimum atomic E-state index is -0.557. The zero-order valence-corrected chi connectivity index (χ0v) is 14.6. The Kier molecular flexibility index (Phi) is 5.16. The second kappa shape index (κ2) is 7.32. The second-order valence-corrected chi connectivity index (χ2v) is 6.76. The van der Waals surface area contributed by atoms with Gasteiger partial charge in [-0.1, -0.05) is 15.9 Å². The predicted molar refractivity (Wildman–Crippen MR) is 93.7 cm³/mol. The molecule has 0 radical (unpaired) electrons. The van der Waals surface area contributed by atoms with Gasteiger partial charge in [-0.15, -0.1) is 0 Å². The van der Waals surface area contributed by atoms with Crippen LogP contribution < -0.4 is 10.5 Å². The lowest BCUT2D eigenvalue weighted by Gasteiger charge is -2.17. The van der Waals surface area contributed by atoms with Crippen LogP contribution in [0.15, 0.2) is 46.9 Å². The summed E-state index contributed by atoms with van der Waals surface area (Å²) in [7, 11) is 0. The van der Waals surface area contributed by atoms with Crippen molar-refractivity contribution in [3.63, 3.8) is 0 Å². The van der Waals surface area contributed by atoms with Crippen LogP contribution in [0.4, 0.5) is 4.39 Å². The summed E-state index contributed by atoms with van der Waals surface area (Å²) in [5.74, 6) is 0.230. The fraction of sp³-hybridized carbons (Fsp3) is 0.278. The van der Waals surface area contributed by atoms with Crippen molar-refractivity contribution in [2.24, 2.45) is 11.7 Å². The van der Waals surface area contributed by atoms with E-state index in [0.717, 1.165) is 10.9 Å². The third-order valence-electron chi connectivity index (χ3n) is 4.13. The van der Waals surface area contributed by atoms with Gasteiger partial charge in [0.1, 0.15) is 5.75 Å². The number of hydrogen-bond donors (Lipinski definition) is 1. The van der Waals surface area contributed by atoms with Gasteiger partial charge in [-0.05, 0) is 61.3 Å². The van der Waals surface area contributed by atoms with E-state index in [1.54, 1.807) is 23.1 Å². The fourth-order valence-electron chi connectivity index (χ4n) is 2.74. The molecule has 1 amide bonds. The van der Waals surface area contributed by atoms with E-state index in [2.05, 4.69) is 15.9 Å². The summed E-state index contributed by atoms with van der Waals surface area (Å²) in [6, 6.07) is 11.4. The Labute approximate surface area is 148 Å². The van der Waals surface area contributed by atoms with E-state index in [-0.39, 0.29) is 11.7 Å². The highest BCUT2D eigenvalue weighted by Gasteiger charge is 2.26. The molecule has 0 aromatic heterocycles. The molecule has 1 saturated heterocycles. The lowest BCUT2D eigenvalue weighted by molar-refractivity contribution is 0.0787. The summed E-state index contributed by atoms with van der Waals surface area (Å²) in [6.45, 7) is 1.87. The van der Waals surface area contributed by atoms with Gasteiger partial charge in [0.25, 0.3) is 5.91 Å². The smallest absolute Gasteiger partial charge is 0.253 e. The molecule has 0 spiro atoms. The number of ether oxygens (including phenoxy) is 1. The normalized spacial score (nSPS) is 17.1. The minimum absolute atomic E-state index is 0.0927. The molecule has 24 heavy (non-hydrogen) atoms. The lowest BCUT2D eigenvalue weighted by atomic mass is 10.1. The van der Waals surface area contributed by atoms with Crippen LogP contribution in [0.5, 0.6) is 11.5 Å². The molecule has 1 aliphatic rings. The van der Waals surface area contributed by atoms with Crippen LogP contribution in [0, 0.1) is 11.7 Å². The summed E-state index contributed by atoms with van der Waals surface area (Å²) >= 11 is 3.33. The van der Waals surface area contributed by atoms with Gasteiger partial charge < -0.3 is 15.4 Å². The van der Waals surface area contributed by atoms with Gasteiger partial charge in [0.2, 0.25) is 0 Å². The van der Waals surface area contributed by atoms with Crippen LogP contribution in [0.1, 0.15) is 16.8 Å². The molecule has 1 atom stereocenters. The standard InChI is InChI=1S/C18H18BrFN2O2/c19-14-2-4-15(5-3-14)24-17-6-1-13(9-16(17)20)18(23)22-8-7-12(10-21)11-22/h1-6,9,12H,7-8,10-11,21H2. The van der Waals surface area contributed by atoms with Crippen molar-refractivity contribution >= 4 is 21.8 Å². The van der Waals surface area contributed by atoms with E-state index in [9.17, 15) is 9.18 Å². The van der Waals surface area contributed by atoms with Crippen LogP contribution >= 0.6 is 15.9 Å². The maximum Gasteiger partial charge on any atom is 0.253 e. The van der Waals surface area contributed by atoms with E-state index in [1.165, 1.54) is 12.1 Å². The average molecular weight is 393 g/mol. The van der Waals surface area contributed by atoms with Crippen molar-refractivity contribution in [2.45, 2.75) is 6.42 Å². The first kappa shape index (κ1) is 16.9. The summed E-state index contributed by atoms with van der Waals surface area (Å²) in [4.78, 5) is 14.2. The zero-order chi connectivity index (χ0) is 17.1. The van der Waals surface area contributed by atoms with E-state index in [1.807, 2.05) is 12.1 Å². The number of benzene rings is 2. The number of likely N-dealkylation sites (tertiary alicyclic amines) is 1. The maximum absolute atomic E-state index is 14.3. The average Bonchev–Trinajstić information content (AvgIpc) is 3.07. The van der Waals surface area contributed by atoms with Crippen molar-refractivity contribution in [2.75, 3.05) is 19.6 Å². The first-order valence-electron chi connectivity index (χ1n) is 7.79. The van der Waals surface area contributed by atoms with Crippen LogP contribution in [0.2, 0.25) is 0 Å². The van der Waals surface area contributed by atoms with E-state index >= 15 is 0 Å². The quantitative estimate of drug-likeness (QED) is 0.860. The number of carbonyl (C=O) groups excluding carboxylic acids is 1. The highest BCUT2D eigenvalue weighted by molar-refractivity contribution is 9.10. The van der Waals surface area contributed by atoms with Crippen LogP contribution in [-0.4, -0.2) is 30.4 Å². The van der Waals surface area contributed by atoms with E-state index in [4.69, 9.17) is 10.5 Å². The summed E-state index contributed by atoms with van der Waals surface area (Å²) < 4.78 is 20.7. The van der Waals surface area contributed by atoms with E-state index < -0.39 is 5.82 Å². The van der Waals surface area contributed by atoms with Gasteiger partial charge in [0, 0.05) is 23.1 Å². The molecule has 2 aromatic rings. The van der Waals surface area contributed by atoms with Crippen molar-refractivity contribution in [3.05, 3.63) is 58.3 Å². The molecule has 3 rings (SSSR count). The molecule has 2 N–H and O–H groups in total. The van der Waals surface area contributed by atoms with Crippen molar-refractivity contribution in [3.8, 4) is 11.5 Å². The Hall–Kier alpha value is -1.92. The van der Waals surface area contributed by atoms with Crippen molar-refractivity contribution in [1.82, 2.24) is 4.90 Å². The number of hydrogen-bond acceptors (Lipinski definition) is 3. The molecule has 1 aliphatic heterocycles. The molecule has 0 saturated carbocycles. The van der Waals surface area contributed by atoms with Crippen LogP contribution in [-0.2, 0) is 0 Å². The third-order valence-corrected chi connectivity index (χ3v) is 4.66. The number of carbonyl (C=O) groups is 1. The van der Waals surface area contributed by atoms with Gasteiger partial charge in [-0.2, -0.15) is 0 Å². The van der Waals surface area contributed by atoms with Gasteiger partial charge >= 0.3 is 0 Å². The molecular formula is C18H18BrFN2O2. The number of nitrogens with zero attached hydrogens (tertiary/aromatic N) is 1. The van der Waals surface area contributed by atoms with E-state index in [0.29, 0.717) is 36.9 Å². The monoisotopic (exact) mass is 392 g/mol. The third kappa shape index (κ3) is 3.76. The number of halogens is 2. The molecule has 0 aliphatic carbocycles. The molecule has 4 nitrogen and oxygen atoms in total. The number of nitrogens with two attached hydrogens (primary N) is 1. The van der Waals surface area contributed by atoms with Gasteiger partial charge in [-0.25, -0.2) is 4.39 Å². The summed E-state index contributed by atoms with van der Waals surface area (Å²) in [5.41, 5.74) is 5.97. The first-order chi connectivity index (χ1) is 11.6. The Morgan fingerprint density at radius 2 is 2.04 bits per heavy atom. The molecule has 2 aromatic carbocycles. The summed E-state index contributed by atoms with van der Waals surface area (Å²) in [6.07, 6.45) is 0.898. The highest BCUT2D eigenvalue weighted by Crippen LogP contribution is 2.27. The molecule has 1 heterocycles. The van der Waals surface area contributed by atoms with Crippen molar-refractivity contribution in [1.29, 1.82) is 0 Å². The van der Waals surface area contributed by atoms with Crippen LogP contribution in [0.25, 0.3) is 0 Å². The second-order valence-electron chi connectivity index (χ2n) is 5.84. The van der Waals surface area contributed by atoms with Gasteiger partial charge in [0.15, 0.2) is 11.6 Å². The van der Waals surface area contributed by atoms with Gasteiger partial charge in [0.05, 0.1) is 0 Å². The number of amides is 1. The molecular weight excluding hydrogens is 375 g/mol. The molecule has 0 bridgehead atoms. The largest absolute Gasteiger partial charge is 0.454 e. The Bertz CT molecular complexity index is 736. The maximum atomic E-state index is 14.3. The number of rotatable bonds is 4. The lowest BCUT2D eigenvalue weighted by Crippen LogP contribution is -2.29.